The molecule has 32 heavy (non-hydrogen) atoms. The Morgan fingerprint density at radius 1 is 0.844 bits per heavy atom. The van der Waals surface area contributed by atoms with Crippen molar-refractivity contribution < 1.29 is 9.22 Å². The summed E-state index contributed by atoms with van der Waals surface area (Å²) < 4.78 is 5.94. The fourth-order valence-electron chi connectivity index (χ4n) is 2.42. The number of allylic oxidation sites excluding steroid dienone is 1. The zero-order chi connectivity index (χ0) is 24.3. The topological polar surface area (TPSA) is 26.3 Å². The third-order valence-electron chi connectivity index (χ3n) is 4.72. The lowest BCUT2D eigenvalue weighted by Crippen LogP contribution is -2.26. The molecule has 2 nitrogen and oxygen atoms in total. The first kappa shape index (κ1) is 28.6. The van der Waals surface area contributed by atoms with Gasteiger partial charge in [0.15, 0.2) is 0 Å². The Balaban J connectivity index is 0.000000330. The molecule has 0 bridgehead atoms. The van der Waals surface area contributed by atoms with E-state index in [-0.39, 0.29) is 11.7 Å². The van der Waals surface area contributed by atoms with Gasteiger partial charge in [-0.25, -0.2) is 0 Å². The lowest BCUT2D eigenvalue weighted by molar-refractivity contribution is -0.119. The van der Waals surface area contributed by atoms with Gasteiger partial charge in [0, 0.05) is 33.1 Å². The molecule has 2 aromatic rings. The highest BCUT2D eigenvalue weighted by Gasteiger charge is 2.19. The second-order valence-electron chi connectivity index (χ2n) is 9.34. The lowest BCUT2D eigenvalue weighted by atomic mass is 10.1. The van der Waals surface area contributed by atoms with Crippen LogP contribution in [0.4, 0.5) is 0 Å². The smallest absolute Gasteiger partial charge is 0.241 e. The fourth-order valence-corrected chi connectivity index (χ4v) is 5.37. The highest BCUT2D eigenvalue weighted by Crippen LogP contribution is 2.25. The molecule has 0 aliphatic carbocycles. The second kappa shape index (κ2) is 14.0. The van der Waals surface area contributed by atoms with Crippen LogP contribution in [-0.2, 0) is 9.22 Å². The molecule has 0 heterocycles. The van der Waals surface area contributed by atoms with Crippen LogP contribution in [0.3, 0.4) is 0 Å². The molecule has 0 aromatic heterocycles. The largest absolute Gasteiger partial charge is 0.548 e. The third-order valence-corrected chi connectivity index (χ3v) is 8.14. The van der Waals surface area contributed by atoms with E-state index < -0.39 is 8.32 Å². The average molecular weight is 489 g/mol. The van der Waals surface area contributed by atoms with Crippen molar-refractivity contribution in [2.75, 3.05) is 11.5 Å². The first-order chi connectivity index (χ1) is 14.9. The number of ketones is 1. The summed E-state index contributed by atoms with van der Waals surface area (Å²) in [5, 5.41) is 0. The summed E-state index contributed by atoms with van der Waals surface area (Å²) in [6.07, 6.45) is 0. The van der Waals surface area contributed by atoms with E-state index in [2.05, 4.69) is 95.5 Å². The number of Topliss-reactive ketones (excluding diaryl/α,β-unsaturated/α-hetero) is 1. The monoisotopic (exact) mass is 488 g/mol. The predicted octanol–water partition coefficient (Wildman–Crippen LogP) is 8.40. The summed E-state index contributed by atoms with van der Waals surface area (Å²) in [7, 11) is -1.51. The molecular weight excluding hydrogens is 449 g/mol. The minimum Gasteiger partial charge on any atom is -0.548 e. The molecule has 0 aliphatic rings. The third kappa shape index (κ3) is 12.6. The highest BCUT2D eigenvalue weighted by molar-refractivity contribution is 7.99. The maximum atomic E-state index is 11.0. The lowest BCUT2D eigenvalue weighted by Gasteiger charge is -2.24. The number of carbonyl (C=O) groups excluding carboxylic acids is 1. The van der Waals surface area contributed by atoms with Crippen molar-refractivity contribution in [3.8, 4) is 0 Å². The van der Waals surface area contributed by atoms with Crippen LogP contribution in [0.25, 0.3) is 0 Å². The van der Waals surface area contributed by atoms with E-state index in [9.17, 15) is 4.79 Å². The molecule has 0 amide bonds. The molecule has 0 aliphatic heterocycles. The SMILES string of the molecule is C=C(O[Si](C)(C)C)C(C)CSc1ccc(C)cc1.CC(=O)C(C)CSc1ccc(C)cc1. The van der Waals surface area contributed by atoms with Gasteiger partial charge in [0.05, 0.1) is 5.76 Å². The second-order valence-corrected chi connectivity index (χ2v) is 16.0. The quantitative estimate of drug-likeness (QED) is 0.190. The summed E-state index contributed by atoms with van der Waals surface area (Å²) in [4.78, 5) is 13.6. The van der Waals surface area contributed by atoms with Gasteiger partial charge in [-0.3, -0.25) is 4.79 Å². The number of thioether (sulfide) groups is 2. The van der Waals surface area contributed by atoms with Crippen molar-refractivity contribution in [3.63, 3.8) is 0 Å². The van der Waals surface area contributed by atoms with Crippen LogP contribution in [0.2, 0.25) is 19.6 Å². The van der Waals surface area contributed by atoms with Crippen molar-refractivity contribution >= 4 is 37.6 Å². The van der Waals surface area contributed by atoms with Gasteiger partial charge in [0.2, 0.25) is 8.32 Å². The van der Waals surface area contributed by atoms with Crippen molar-refractivity contribution in [2.24, 2.45) is 11.8 Å². The number of hydrogen-bond acceptors (Lipinski definition) is 4. The Kier molecular flexibility index (Phi) is 12.5. The van der Waals surface area contributed by atoms with Crippen LogP contribution in [0.5, 0.6) is 0 Å². The van der Waals surface area contributed by atoms with Crippen molar-refractivity contribution in [1.29, 1.82) is 0 Å². The van der Waals surface area contributed by atoms with Crippen molar-refractivity contribution in [2.45, 2.75) is 64.1 Å². The highest BCUT2D eigenvalue weighted by atomic mass is 32.2. The molecule has 0 fully saturated rings. The summed E-state index contributed by atoms with van der Waals surface area (Å²) >= 11 is 3.61. The molecule has 176 valence electrons. The zero-order valence-electron chi connectivity index (χ0n) is 21.0. The maximum Gasteiger partial charge on any atom is 0.241 e. The van der Waals surface area contributed by atoms with Crippen LogP contribution in [0.15, 0.2) is 70.7 Å². The number of hydrogen-bond donors (Lipinski definition) is 0. The molecule has 5 heteroatoms. The Morgan fingerprint density at radius 2 is 1.22 bits per heavy atom. The van der Waals surface area contributed by atoms with Crippen LogP contribution >= 0.6 is 23.5 Å². The van der Waals surface area contributed by atoms with Crippen LogP contribution in [0.1, 0.15) is 31.9 Å². The van der Waals surface area contributed by atoms with Gasteiger partial charge >= 0.3 is 0 Å². The predicted molar refractivity (Wildman–Crippen MR) is 146 cm³/mol. The van der Waals surface area contributed by atoms with E-state index in [1.165, 1.54) is 20.9 Å². The molecule has 2 rings (SSSR count). The van der Waals surface area contributed by atoms with Crippen LogP contribution in [0, 0.1) is 25.7 Å². The summed E-state index contributed by atoms with van der Waals surface area (Å²) in [6.45, 7) is 20.6. The minimum atomic E-state index is -1.51. The molecule has 0 spiro atoms. The molecule has 0 N–H and O–H groups in total. The van der Waals surface area contributed by atoms with Crippen LogP contribution in [-0.4, -0.2) is 25.6 Å². The number of rotatable bonds is 10. The van der Waals surface area contributed by atoms with E-state index in [4.69, 9.17) is 4.43 Å². The van der Waals surface area contributed by atoms with E-state index in [1.54, 1.807) is 18.7 Å². The first-order valence-corrected chi connectivity index (χ1v) is 16.5. The van der Waals surface area contributed by atoms with Gasteiger partial charge in [-0.1, -0.05) is 55.8 Å². The standard InChI is InChI=1S/C15H24OSSi.C12H16OS/c1-12-7-9-15(10-8-12)17-11-13(2)14(3)16-18(4,5)6;1-9-4-6-12(7-5-9)14-8-10(2)11(3)13/h7-10,13H,3,11H2,1-2,4-6H3;4-7,10H,8H2,1-3H3. The fraction of sp³-hybridized carbons (Fsp3) is 0.444. The summed E-state index contributed by atoms with van der Waals surface area (Å²) in [5.41, 5.74) is 2.58. The van der Waals surface area contributed by atoms with Gasteiger partial charge in [-0.15, -0.1) is 23.5 Å². The van der Waals surface area contributed by atoms with Gasteiger partial charge < -0.3 is 4.43 Å². The Hall–Kier alpha value is -1.43. The van der Waals surface area contributed by atoms with E-state index in [0.717, 1.165) is 17.3 Å². The van der Waals surface area contributed by atoms with Gasteiger partial charge in [0.1, 0.15) is 5.78 Å². The number of benzene rings is 2. The van der Waals surface area contributed by atoms with E-state index >= 15 is 0 Å². The Morgan fingerprint density at radius 3 is 1.56 bits per heavy atom. The van der Waals surface area contributed by atoms with Gasteiger partial charge in [-0.05, 0) is 64.7 Å². The number of aryl methyl sites for hydroxylation is 2. The van der Waals surface area contributed by atoms with E-state index in [1.807, 2.05) is 18.7 Å². The molecule has 0 saturated carbocycles. The molecule has 0 saturated heterocycles. The van der Waals surface area contributed by atoms with E-state index in [0.29, 0.717) is 5.92 Å². The zero-order valence-corrected chi connectivity index (χ0v) is 23.7. The minimum absolute atomic E-state index is 0.154. The van der Waals surface area contributed by atoms with Crippen molar-refractivity contribution in [3.05, 3.63) is 72.0 Å². The molecule has 2 aromatic carbocycles. The molecular formula is C27H40O2S2Si. The molecule has 2 unspecified atom stereocenters. The first-order valence-electron chi connectivity index (χ1n) is 11.1. The Labute approximate surface area is 205 Å². The Bertz CT molecular complexity index is 839. The van der Waals surface area contributed by atoms with Crippen molar-refractivity contribution in [1.82, 2.24) is 0 Å². The normalized spacial score (nSPS) is 12.9. The maximum absolute atomic E-state index is 11.0. The molecule has 0 radical (unpaired) electrons. The van der Waals surface area contributed by atoms with Crippen LogP contribution < -0.4 is 0 Å². The molecule has 2 atom stereocenters. The summed E-state index contributed by atoms with van der Waals surface area (Å²) in [5.74, 6) is 3.65. The number of carbonyl (C=O) groups is 1. The van der Waals surface area contributed by atoms with Gasteiger partial charge in [0.25, 0.3) is 0 Å². The van der Waals surface area contributed by atoms with Gasteiger partial charge in [-0.2, -0.15) is 0 Å². The summed E-state index contributed by atoms with van der Waals surface area (Å²) in [6, 6.07) is 17.1. The average Bonchev–Trinajstić information content (AvgIpc) is 2.71.